The van der Waals surface area contributed by atoms with Crippen LogP contribution in [0.4, 0.5) is 21.8 Å². The van der Waals surface area contributed by atoms with Gasteiger partial charge in [0, 0.05) is 36.6 Å². The van der Waals surface area contributed by atoms with Gasteiger partial charge >= 0.3 is 0 Å². The second-order valence-electron chi connectivity index (χ2n) is 6.18. The molecule has 0 saturated carbocycles. The topological polar surface area (TPSA) is 61.3 Å². The molecule has 2 N–H and O–H groups in total. The maximum Gasteiger partial charge on any atom is 0.229 e. The predicted octanol–water partition coefficient (Wildman–Crippen LogP) is 3.41. The van der Waals surface area contributed by atoms with Crippen LogP contribution in [0.3, 0.4) is 0 Å². The lowest BCUT2D eigenvalue weighted by Gasteiger charge is -2.36. The summed E-state index contributed by atoms with van der Waals surface area (Å²) in [6, 6.07) is 8.43. The molecule has 0 aliphatic carbocycles. The van der Waals surface area contributed by atoms with Crippen LogP contribution in [0.2, 0.25) is 0 Å². The van der Waals surface area contributed by atoms with E-state index < -0.39 is 0 Å². The number of rotatable bonds is 5. The first kappa shape index (κ1) is 16.6. The molecule has 0 amide bonds. The average molecular weight is 330 g/mol. The van der Waals surface area contributed by atoms with Crippen molar-refractivity contribution in [2.45, 2.75) is 38.6 Å². The van der Waals surface area contributed by atoms with Crippen molar-refractivity contribution < 1.29 is 9.50 Å². The van der Waals surface area contributed by atoms with Gasteiger partial charge in [-0.25, -0.2) is 9.37 Å². The molecular weight excluding hydrogens is 307 g/mol. The largest absolute Gasteiger partial charge is 0.396 e. The van der Waals surface area contributed by atoms with E-state index in [1.807, 2.05) is 13.0 Å². The second kappa shape index (κ2) is 7.57. The Bertz CT molecular complexity index is 675. The van der Waals surface area contributed by atoms with Gasteiger partial charge in [0.1, 0.15) is 11.6 Å². The molecule has 2 heterocycles. The maximum atomic E-state index is 13.0. The van der Waals surface area contributed by atoms with Gasteiger partial charge in [-0.05, 0) is 56.9 Å². The summed E-state index contributed by atoms with van der Waals surface area (Å²) in [6.45, 7) is 3.06. The molecule has 1 atom stereocenters. The molecule has 0 radical (unpaired) electrons. The molecule has 0 spiro atoms. The third-order valence-corrected chi connectivity index (χ3v) is 4.32. The van der Waals surface area contributed by atoms with E-state index in [0.29, 0.717) is 12.0 Å². The minimum absolute atomic E-state index is 0.186. The van der Waals surface area contributed by atoms with E-state index in [2.05, 4.69) is 20.2 Å². The Morgan fingerprint density at radius 2 is 2.04 bits per heavy atom. The van der Waals surface area contributed by atoms with Crippen molar-refractivity contribution in [1.82, 2.24) is 9.97 Å². The number of piperidine rings is 1. The van der Waals surface area contributed by atoms with Gasteiger partial charge in [0.2, 0.25) is 5.95 Å². The summed E-state index contributed by atoms with van der Waals surface area (Å²) >= 11 is 0. The highest BCUT2D eigenvalue weighted by molar-refractivity contribution is 5.55. The van der Waals surface area contributed by atoms with Gasteiger partial charge < -0.3 is 15.3 Å². The van der Waals surface area contributed by atoms with Crippen LogP contribution in [-0.4, -0.2) is 34.3 Å². The molecule has 6 heteroatoms. The number of hydrogen-bond donors (Lipinski definition) is 2. The fourth-order valence-corrected chi connectivity index (χ4v) is 3.17. The third kappa shape index (κ3) is 4.00. The van der Waals surface area contributed by atoms with Crippen LogP contribution in [0.15, 0.2) is 30.3 Å². The van der Waals surface area contributed by atoms with Crippen LogP contribution >= 0.6 is 0 Å². The number of aromatic nitrogens is 2. The Morgan fingerprint density at radius 1 is 1.25 bits per heavy atom. The normalized spacial score (nSPS) is 17.8. The van der Waals surface area contributed by atoms with E-state index in [9.17, 15) is 9.50 Å². The van der Waals surface area contributed by atoms with Gasteiger partial charge in [0.25, 0.3) is 0 Å². The van der Waals surface area contributed by atoms with Crippen LogP contribution in [0.25, 0.3) is 0 Å². The van der Waals surface area contributed by atoms with Crippen LogP contribution in [0.5, 0.6) is 0 Å². The summed E-state index contributed by atoms with van der Waals surface area (Å²) in [5.41, 5.74) is 1.62. The molecule has 24 heavy (non-hydrogen) atoms. The summed E-state index contributed by atoms with van der Waals surface area (Å²) in [7, 11) is 0. The van der Waals surface area contributed by atoms with E-state index in [4.69, 9.17) is 0 Å². The summed E-state index contributed by atoms with van der Waals surface area (Å²) in [5.74, 6) is 1.11. The average Bonchev–Trinajstić information content (AvgIpc) is 2.57. The molecule has 0 bridgehead atoms. The number of aryl methyl sites for hydroxylation is 1. The second-order valence-corrected chi connectivity index (χ2v) is 6.18. The van der Waals surface area contributed by atoms with Crippen molar-refractivity contribution in [2.75, 3.05) is 23.4 Å². The number of nitrogens with one attached hydrogen (secondary N) is 1. The molecule has 5 nitrogen and oxygen atoms in total. The van der Waals surface area contributed by atoms with Crippen LogP contribution < -0.4 is 10.2 Å². The molecular formula is C18H23FN4O. The number of anilines is 3. The van der Waals surface area contributed by atoms with E-state index in [1.165, 1.54) is 18.6 Å². The van der Waals surface area contributed by atoms with Gasteiger partial charge in [-0.2, -0.15) is 4.98 Å². The van der Waals surface area contributed by atoms with Crippen molar-refractivity contribution in [2.24, 2.45) is 0 Å². The van der Waals surface area contributed by atoms with Gasteiger partial charge in [-0.3, -0.25) is 0 Å². The summed E-state index contributed by atoms with van der Waals surface area (Å²) in [6.07, 6.45) is 4.14. The van der Waals surface area contributed by atoms with E-state index in [1.54, 1.807) is 12.1 Å². The first-order chi connectivity index (χ1) is 11.7. The summed E-state index contributed by atoms with van der Waals surface area (Å²) in [5, 5.41) is 12.4. The molecule has 1 aliphatic heterocycles. The molecule has 2 aromatic rings. The highest BCUT2D eigenvalue weighted by atomic mass is 19.1. The minimum atomic E-state index is -0.272. The maximum absolute atomic E-state index is 13.0. The highest BCUT2D eigenvalue weighted by Gasteiger charge is 2.23. The molecule has 1 fully saturated rings. The number of nitrogens with zero attached hydrogens (tertiary/aromatic N) is 3. The Morgan fingerprint density at radius 3 is 2.79 bits per heavy atom. The molecule has 1 aliphatic rings. The number of aliphatic hydroxyl groups is 1. The van der Waals surface area contributed by atoms with Crippen molar-refractivity contribution in [3.8, 4) is 0 Å². The Labute approximate surface area is 141 Å². The zero-order chi connectivity index (χ0) is 16.9. The zero-order valence-corrected chi connectivity index (χ0v) is 13.9. The van der Waals surface area contributed by atoms with Gasteiger partial charge in [0.05, 0.1) is 0 Å². The lowest BCUT2D eigenvalue weighted by atomic mass is 9.99. The lowest BCUT2D eigenvalue weighted by molar-refractivity contribution is 0.262. The first-order valence-corrected chi connectivity index (χ1v) is 8.41. The number of aliphatic hydroxyl groups excluding tert-OH is 1. The number of halogens is 1. The molecule has 1 unspecified atom stereocenters. The third-order valence-electron chi connectivity index (χ3n) is 4.32. The highest BCUT2D eigenvalue weighted by Crippen LogP contribution is 2.26. The van der Waals surface area contributed by atoms with Gasteiger partial charge in [0.15, 0.2) is 0 Å². The van der Waals surface area contributed by atoms with E-state index in [0.717, 1.165) is 43.0 Å². The quantitative estimate of drug-likeness (QED) is 0.880. The molecule has 1 aromatic carbocycles. The fraction of sp³-hybridized carbons (Fsp3) is 0.444. The smallest absolute Gasteiger partial charge is 0.229 e. The van der Waals surface area contributed by atoms with Crippen molar-refractivity contribution in [1.29, 1.82) is 0 Å². The minimum Gasteiger partial charge on any atom is -0.396 e. The Kier molecular flexibility index (Phi) is 5.25. The van der Waals surface area contributed by atoms with Crippen molar-refractivity contribution in [3.05, 3.63) is 41.8 Å². The monoisotopic (exact) mass is 330 g/mol. The molecule has 128 valence electrons. The van der Waals surface area contributed by atoms with Crippen LogP contribution in [-0.2, 0) is 0 Å². The summed E-state index contributed by atoms with van der Waals surface area (Å²) < 4.78 is 13.0. The van der Waals surface area contributed by atoms with E-state index in [-0.39, 0.29) is 12.4 Å². The number of hydrogen-bond acceptors (Lipinski definition) is 5. The van der Waals surface area contributed by atoms with Crippen LogP contribution in [0, 0.1) is 12.7 Å². The van der Waals surface area contributed by atoms with Crippen molar-refractivity contribution in [3.63, 3.8) is 0 Å². The zero-order valence-electron chi connectivity index (χ0n) is 13.9. The van der Waals surface area contributed by atoms with Crippen LogP contribution in [0.1, 0.15) is 31.4 Å². The Balaban J connectivity index is 1.83. The van der Waals surface area contributed by atoms with Crippen molar-refractivity contribution >= 4 is 17.5 Å². The van der Waals surface area contributed by atoms with Gasteiger partial charge in [-0.15, -0.1) is 0 Å². The standard InChI is InChI=1S/C18H23FN4O/c1-13-12-17(23-10-3-2-4-16(23)9-11-24)22-18(20-13)21-15-7-5-14(19)6-8-15/h5-8,12,16,24H,2-4,9-11H2,1H3,(H,20,21,22). The number of benzene rings is 1. The first-order valence-electron chi connectivity index (χ1n) is 8.41. The van der Waals surface area contributed by atoms with E-state index >= 15 is 0 Å². The Hall–Kier alpha value is -2.21. The lowest BCUT2D eigenvalue weighted by Crippen LogP contribution is -2.40. The summed E-state index contributed by atoms with van der Waals surface area (Å²) in [4.78, 5) is 11.3. The fourth-order valence-electron chi connectivity index (χ4n) is 3.17. The molecule has 1 saturated heterocycles. The molecule has 3 rings (SSSR count). The molecule has 1 aromatic heterocycles. The predicted molar refractivity (Wildman–Crippen MR) is 93.1 cm³/mol. The SMILES string of the molecule is Cc1cc(N2CCCCC2CCO)nc(Nc2ccc(F)cc2)n1. The van der Waals surface area contributed by atoms with Gasteiger partial charge in [-0.1, -0.05) is 0 Å².